The first kappa shape index (κ1) is 14.1. The Hall–Kier alpha value is -2.00. The molecule has 18 heavy (non-hydrogen) atoms. The molecule has 0 aliphatic heterocycles. The highest BCUT2D eigenvalue weighted by atomic mass is 16.5. The van der Waals surface area contributed by atoms with E-state index in [1.54, 1.807) is 12.1 Å². The second-order valence-electron chi connectivity index (χ2n) is 3.27. The summed E-state index contributed by atoms with van der Waals surface area (Å²) < 4.78 is 16.5. The Morgan fingerprint density at radius 1 is 1.00 bits per heavy atom. The lowest BCUT2D eigenvalue weighted by molar-refractivity contribution is 0.261. The fourth-order valence-electron chi connectivity index (χ4n) is 1.49. The van der Waals surface area contributed by atoms with Crippen molar-refractivity contribution in [2.24, 2.45) is 4.99 Å². The third-order valence-electron chi connectivity index (χ3n) is 2.07. The van der Waals surface area contributed by atoms with Gasteiger partial charge in [-0.3, -0.25) is 0 Å². The van der Waals surface area contributed by atoms with E-state index in [4.69, 9.17) is 14.2 Å². The van der Waals surface area contributed by atoms with Gasteiger partial charge in [-0.1, -0.05) is 0 Å². The first-order valence-corrected chi connectivity index (χ1v) is 5.91. The van der Waals surface area contributed by atoms with Gasteiger partial charge in [-0.05, 0) is 20.8 Å². The summed E-state index contributed by atoms with van der Waals surface area (Å²) >= 11 is 0. The molecule has 0 amide bonds. The maximum atomic E-state index is 10.3. The fraction of sp³-hybridized carbons (Fsp3) is 0.462. The van der Waals surface area contributed by atoms with Crippen molar-refractivity contribution >= 4 is 11.8 Å². The van der Waals surface area contributed by atoms with Crippen LogP contribution in [0.15, 0.2) is 17.1 Å². The standard InChI is InChI=1S/C13H17NO4/c1-4-16-11-7-10(14-9-15)8-12(17-5-2)13(11)18-6-3/h7-8H,4-6H2,1-3H3. The first-order valence-electron chi connectivity index (χ1n) is 5.91. The predicted molar refractivity (Wildman–Crippen MR) is 67.7 cm³/mol. The summed E-state index contributed by atoms with van der Waals surface area (Å²) in [7, 11) is 0. The van der Waals surface area contributed by atoms with Gasteiger partial charge in [-0.15, -0.1) is 0 Å². The summed E-state index contributed by atoms with van der Waals surface area (Å²) in [5, 5.41) is 0. The number of nitrogens with zero attached hydrogens (tertiary/aromatic N) is 1. The Bertz CT molecular complexity index is 412. The molecule has 5 heteroatoms. The van der Waals surface area contributed by atoms with Gasteiger partial charge >= 0.3 is 0 Å². The van der Waals surface area contributed by atoms with Crippen molar-refractivity contribution in [2.75, 3.05) is 19.8 Å². The van der Waals surface area contributed by atoms with Crippen molar-refractivity contribution in [3.05, 3.63) is 12.1 Å². The molecule has 0 unspecified atom stereocenters. The minimum Gasteiger partial charge on any atom is -0.490 e. The van der Waals surface area contributed by atoms with Crippen LogP contribution in [0.1, 0.15) is 20.8 Å². The minimum absolute atomic E-state index is 0.431. The second kappa shape index (κ2) is 7.35. The number of benzene rings is 1. The van der Waals surface area contributed by atoms with Crippen LogP contribution in [0.3, 0.4) is 0 Å². The number of isocyanates is 1. The van der Waals surface area contributed by atoms with Crippen molar-refractivity contribution < 1.29 is 19.0 Å². The van der Waals surface area contributed by atoms with Gasteiger partial charge in [0, 0.05) is 12.1 Å². The molecule has 5 nitrogen and oxygen atoms in total. The SMILES string of the molecule is CCOc1cc(N=C=O)cc(OCC)c1OCC. The van der Waals surface area contributed by atoms with Crippen LogP contribution in [0.2, 0.25) is 0 Å². The smallest absolute Gasteiger partial charge is 0.240 e. The molecule has 0 aliphatic carbocycles. The molecule has 0 aromatic heterocycles. The molecule has 0 saturated carbocycles. The van der Waals surface area contributed by atoms with Gasteiger partial charge in [0.1, 0.15) is 0 Å². The second-order valence-corrected chi connectivity index (χ2v) is 3.27. The maximum Gasteiger partial charge on any atom is 0.240 e. The van der Waals surface area contributed by atoms with Crippen molar-refractivity contribution in [1.29, 1.82) is 0 Å². The van der Waals surface area contributed by atoms with E-state index < -0.39 is 0 Å². The van der Waals surface area contributed by atoms with Gasteiger partial charge in [-0.25, -0.2) is 4.79 Å². The van der Waals surface area contributed by atoms with Crippen molar-refractivity contribution in [1.82, 2.24) is 0 Å². The molecule has 1 aromatic carbocycles. The molecular weight excluding hydrogens is 234 g/mol. The number of carbonyl (C=O) groups excluding carboxylic acids is 1. The van der Waals surface area contributed by atoms with Crippen LogP contribution in [0, 0.1) is 0 Å². The van der Waals surface area contributed by atoms with E-state index in [2.05, 4.69) is 4.99 Å². The highest BCUT2D eigenvalue weighted by molar-refractivity contribution is 5.62. The molecule has 98 valence electrons. The summed E-state index contributed by atoms with van der Waals surface area (Å²) in [6.07, 6.45) is 1.50. The van der Waals surface area contributed by atoms with Crippen molar-refractivity contribution in [3.63, 3.8) is 0 Å². The lowest BCUT2D eigenvalue weighted by Crippen LogP contribution is -2.02. The van der Waals surface area contributed by atoms with E-state index in [9.17, 15) is 4.79 Å². The Balaban J connectivity index is 3.28. The average molecular weight is 251 g/mol. The van der Waals surface area contributed by atoms with E-state index in [-0.39, 0.29) is 0 Å². The fourth-order valence-corrected chi connectivity index (χ4v) is 1.49. The van der Waals surface area contributed by atoms with E-state index in [0.717, 1.165) is 0 Å². The molecule has 0 atom stereocenters. The van der Waals surface area contributed by atoms with Gasteiger partial charge in [-0.2, -0.15) is 4.99 Å². The van der Waals surface area contributed by atoms with Crippen LogP contribution in [0.25, 0.3) is 0 Å². The van der Waals surface area contributed by atoms with Crippen molar-refractivity contribution in [2.45, 2.75) is 20.8 Å². The van der Waals surface area contributed by atoms with Crippen LogP contribution in [0.4, 0.5) is 5.69 Å². The number of ether oxygens (including phenoxy) is 3. The van der Waals surface area contributed by atoms with Gasteiger partial charge in [0.05, 0.1) is 25.5 Å². The normalized spacial score (nSPS) is 9.50. The highest BCUT2D eigenvalue weighted by Gasteiger charge is 2.14. The van der Waals surface area contributed by atoms with Crippen LogP contribution in [-0.4, -0.2) is 25.9 Å². The lowest BCUT2D eigenvalue weighted by Gasteiger charge is -2.15. The van der Waals surface area contributed by atoms with Gasteiger partial charge in [0.25, 0.3) is 0 Å². The molecule has 0 N–H and O–H groups in total. The lowest BCUT2D eigenvalue weighted by atomic mass is 10.2. The molecule has 0 bridgehead atoms. The molecule has 0 spiro atoms. The van der Waals surface area contributed by atoms with E-state index in [0.29, 0.717) is 42.8 Å². The predicted octanol–water partition coefficient (Wildman–Crippen LogP) is 2.85. The van der Waals surface area contributed by atoms with Gasteiger partial charge in [0.2, 0.25) is 11.8 Å². The van der Waals surface area contributed by atoms with Gasteiger partial charge in [0.15, 0.2) is 11.5 Å². The summed E-state index contributed by atoms with van der Waals surface area (Å²) in [6.45, 7) is 7.08. The van der Waals surface area contributed by atoms with E-state index in [1.165, 1.54) is 6.08 Å². The number of hydrogen-bond donors (Lipinski definition) is 0. The molecule has 0 fully saturated rings. The first-order chi connectivity index (χ1) is 8.76. The molecule has 1 aromatic rings. The third-order valence-corrected chi connectivity index (χ3v) is 2.07. The van der Waals surface area contributed by atoms with Gasteiger partial charge < -0.3 is 14.2 Å². The average Bonchev–Trinajstić information content (AvgIpc) is 2.34. The van der Waals surface area contributed by atoms with E-state index >= 15 is 0 Å². The Kier molecular flexibility index (Phi) is 5.74. The molecule has 0 aliphatic rings. The minimum atomic E-state index is 0.431. The van der Waals surface area contributed by atoms with Crippen LogP contribution in [0.5, 0.6) is 17.2 Å². The van der Waals surface area contributed by atoms with E-state index in [1.807, 2.05) is 20.8 Å². The molecular formula is C13H17NO4. The summed E-state index contributed by atoms with van der Waals surface area (Å²) in [6, 6.07) is 3.25. The maximum absolute atomic E-state index is 10.3. The van der Waals surface area contributed by atoms with Crippen LogP contribution >= 0.6 is 0 Å². The molecule has 1 rings (SSSR count). The Labute approximate surface area is 106 Å². The number of hydrogen-bond acceptors (Lipinski definition) is 5. The zero-order valence-electron chi connectivity index (χ0n) is 10.9. The topological polar surface area (TPSA) is 57.1 Å². The summed E-state index contributed by atoms with van der Waals surface area (Å²) in [4.78, 5) is 13.9. The number of rotatable bonds is 7. The summed E-state index contributed by atoms with van der Waals surface area (Å²) in [5.41, 5.74) is 0.431. The molecule has 0 saturated heterocycles. The Morgan fingerprint density at radius 2 is 1.50 bits per heavy atom. The Morgan fingerprint density at radius 3 is 1.89 bits per heavy atom. The van der Waals surface area contributed by atoms with Crippen LogP contribution < -0.4 is 14.2 Å². The van der Waals surface area contributed by atoms with Crippen LogP contribution in [-0.2, 0) is 4.79 Å². The summed E-state index contributed by atoms with van der Waals surface area (Å²) in [5.74, 6) is 1.56. The highest BCUT2D eigenvalue weighted by Crippen LogP contribution is 2.41. The number of aliphatic imine (C=N–C) groups is 1. The largest absolute Gasteiger partial charge is 0.490 e. The van der Waals surface area contributed by atoms with Crippen molar-refractivity contribution in [3.8, 4) is 17.2 Å². The monoisotopic (exact) mass is 251 g/mol. The molecule has 0 radical (unpaired) electrons. The quantitative estimate of drug-likeness (QED) is 0.552. The zero-order valence-corrected chi connectivity index (χ0v) is 10.9. The third kappa shape index (κ3) is 3.50. The zero-order chi connectivity index (χ0) is 13.4. The molecule has 0 heterocycles.